The molecule has 1 saturated carbocycles. The molecule has 0 heterocycles. The lowest BCUT2D eigenvalue weighted by Gasteiger charge is -2.28. The highest BCUT2D eigenvalue weighted by Crippen LogP contribution is 2.28. The fourth-order valence-corrected chi connectivity index (χ4v) is 3.36. The lowest BCUT2D eigenvalue weighted by atomic mass is 9.82. The smallest absolute Gasteiger partial charge is 0.0717 e. The third-order valence-electron chi connectivity index (χ3n) is 4.92. The molecule has 1 fully saturated rings. The number of benzene rings is 2. The zero-order valence-electron chi connectivity index (χ0n) is 14.8. The largest absolute Gasteiger partial charge is 0.376 e. The van der Waals surface area contributed by atoms with Crippen LogP contribution in [0.5, 0.6) is 0 Å². The van der Waals surface area contributed by atoms with Crippen molar-refractivity contribution < 1.29 is 4.74 Å². The van der Waals surface area contributed by atoms with Gasteiger partial charge in [-0.3, -0.25) is 0 Å². The first-order valence-electron chi connectivity index (χ1n) is 9.33. The second-order valence-electron chi connectivity index (χ2n) is 6.92. The first kappa shape index (κ1) is 17.7. The molecule has 0 spiro atoms. The normalized spacial score (nSPS) is 20.6. The number of nitrogens with zero attached hydrogens (tertiary/aromatic N) is 1. The molecule has 132 valence electrons. The summed E-state index contributed by atoms with van der Waals surface area (Å²) < 4.78 is 5.90. The van der Waals surface area contributed by atoms with E-state index in [4.69, 9.17) is 4.74 Å². The third-order valence-corrected chi connectivity index (χ3v) is 4.92. The Bertz CT molecular complexity index is 619. The van der Waals surface area contributed by atoms with Crippen LogP contribution in [-0.2, 0) is 11.3 Å². The minimum atomic E-state index is 0.716. The summed E-state index contributed by atoms with van der Waals surface area (Å²) in [6.45, 7) is 2.60. The van der Waals surface area contributed by atoms with Crippen LogP contribution in [-0.4, -0.2) is 19.4 Å². The number of hydrazone groups is 1. The molecule has 0 radical (unpaired) electrons. The zero-order valence-corrected chi connectivity index (χ0v) is 14.8. The quantitative estimate of drug-likeness (QED) is 0.563. The summed E-state index contributed by atoms with van der Waals surface area (Å²) >= 11 is 0. The minimum absolute atomic E-state index is 0.716. The average molecular weight is 336 g/mol. The number of nitrogens with one attached hydrogen (secondary N) is 1. The maximum absolute atomic E-state index is 5.90. The molecule has 0 aliphatic heterocycles. The summed E-state index contributed by atoms with van der Waals surface area (Å²) in [5, 5.41) is 4.34. The summed E-state index contributed by atoms with van der Waals surface area (Å²) in [7, 11) is 0. The minimum Gasteiger partial charge on any atom is -0.376 e. The van der Waals surface area contributed by atoms with Gasteiger partial charge in [-0.25, -0.2) is 0 Å². The fourth-order valence-electron chi connectivity index (χ4n) is 3.36. The molecule has 1 aliphatic rings. The molecule has 0 unspecified atom stereocenters. The lowest BCUT2D eigenvalue weighted by molar-refractivity contribution is 0.0671. The van der Waals surface area contributed by atoms with Crippen LogP contribution in [0.15, 0.2) is 65.8 Å². The van der Waals surface area contributed by atoms with Crippen LogP contribution in [0, 0.1) is 11.8 Å². The van der Waals surface area contributed by atoms with E-state index in [1.807, 2.05) is 30.5 Å². The van der Waals surface area contributed by atoms with Crippen LogP contribution in [0.3, 0.4) is 0 Å². The maximum Gasteiger partial charge on any atom is 0.0717 e. The molecule has 0 aromatic heterocycles. The molecule has 0 bridgehead atoms. The van der Waals surface area contributed by atoms with Crippen molar-refractivity contribution in [1.29, 1.82) is 0 Å². The van der Waals surface area contributed by atoms with Crippen LogP contribution in [0.4, 0.5) is 0 Å². The Morgan fingerprint density at radius 1 is 0.880 bits per heavy atom. The Morgan fingerprint density at radius 3 is 2.24 bits per heavy atom. The van der Waals surface area contributed by atoms with Gasteiger partial charge in [0.25, 0.3) is 0 Å². The van der Waals surface area contributed by atoms with Crippen molar-refractivity contribution in [2.75, 3.05) is 13.2 Å². The SMILES string of the molecule is C(=NNCC1CCC(COCc2ccccc2)CC1)c1ccccc1. The van der Waals surface area contributed by atoms with Crippen LogP contribution in [0.2, 0.25) is 0 Å². The van der Waals surface area contributed by atoms with Gasteiger partial charge in [0.05, 0.1) is 12.8 Å². The second-order valence-corrected chi connectivity index (χ2v) is 6.92. The fraction of sp³-hybridized carbons (Fsp3) is 0.409. The van der Waals surface area contributed by atoms with Crippen molar-refractivity contribution in [3.63, 3.8) is 0 Å². The molecule has 1 N–H and O–H groups in total. The number of hydrogen-bond acceptors (Lipinski definition) is 3. The van der Waals surface area contributed by atoms with E-state index in [9.17, 15) is 0 Å². The molecular formula is C22H28N2O. The first-order valence-corrected chi connectivity index (χ1v) is 9.33. The van der Waals surface area contributed by atoms with Gasteiger partial charge >= 0.3 is 0 Å². The Hall–Kier alpha value is -2.13. The molecule has 0 amide bonds. The third kappa shape index (κ3) is 6.35. The van der Waals surface area contributed by atoms with E-state index in [0.29, 0.717) is 5.92 Å². The molecule has 3 rings (SSSR count). The average Bonchev–Trinajstić information content (AvgIpc) is 2.68. The molecular weight excluding hydrogens is 308 g/mol. The lowest BCUT2D eigenvalue weighted by Crippen LogP contribution is -2.25. The number of rotatable bonds is 8. The summed E-state index contributed by atoms with van der Waals surface area (Å²) in [4.78, 5) is 0. The van der Waals surface area contributed by atoms with Crippen molar-refractivity contribution in [3.8, 4) is 0 Å². The highest BCUT2D eigenvalue weighted by Gasteiger charge is 2.20. The summed E-state index contributed by atoms with van der Waals surface area (Å²) in [6.07, 6.45) is 6.97. The van der Waals surface area contributed by atoms with Crippen molar-refractivity contribution in [2.45, 2.75) is 32.3 Å². The Kier molecular flexibility index (Phi) is 7.07. The maximum atomic E-state index is 5.90. The molecule has 25 heavy (non-hydrogen) atoms. The van der Waals surface area contributed by atoms with Crippen molar-refractivity contribution in [3.05, 3.63) is 71.8 Å². The molecule has 2 aromatic carbocycles. The zero-order chi connectivity index (χ0) is 17.2. The Labute approximate surface area is 151 Å². The van der Waals surface area contributed by atoms with E-state index < -0.39 is 0 Å². The van der Waals surface area contributed by atoms with Gasteiger partial charge in [-0.15, -0.1) is 0 Å². The van der Waals surface area contributed by atoms with Crippen LogP contribution in [0.25, 0.3) is 0 Å². The number of ether oxygens (including phenoxy) is 1. The summed E-state index contributed by atoms with van der Waals surface area (Å²) in [5.41, 5.74) is 5.62. The summed E-state index contributed by atoms with van der Waals surface area (Å²) in [5.74, 6) is 1.45. The predicted molar refractivity (Wildman–Crippen MR) is 104 cm³/mol. The van der Waals surface area contributed by atoms with Crippen molar-refractivity contribution in [1.82, 2.24) is 5.43 Å². The molecule has 3 nitrogen and oxygen atoms in total. The van der Waals surface area contributed by atoms with Crippen molar-refractivity contribution in [2.24, 2.45) is 16.9 Å². The topological polar surface area (TPSA) is 33.6 Å². The van der Waals surface area contributed by atoms with Crippen LogP contribution >= 0.6 is 0 Å². The standard InChI is InChI=1S/C22H28N2O/c1-3-7-19(8-4-1)15-23-24-16-20-11-13-22(14-12-20)18-25-17-21-9-5-2-6-10-21/h1-10,15,20,22,24H,11-14,16-18H2. The van der Waals surface area contributed by atoms with Gasteiger partial charge in [0.1, 0.15) is 0 Å². The number of hydrogen-bond donors (Lipinski definition) is 1. The van der Waals surface area contributed by atoms with E-state index in [1.54, 1.807) is 0 Å². The van der Waals surface area contributed by atoms with Crippen molar-refractivity contribution >= 4 is 6.21 Å². The van der Waals surface area contributed by atoms with Crippen LogP contribution in [0.1, 0.15) is 36.8 Å². The van der Waals surface area contributed by atoms with E-state index in [0.717, 1.165) is 31.2 Å². The first-order chi connectivity index (χ1) is 12.4. The Balaban J connectivity index is 1.27. The van der Waals surface area contributed by atoms with E-state index in [1.165, 1.54) is 31.2 Å². The van der Waals surface area contributed by atoms with Crippen LogP contribution < -0.4 is 5.43 Å². The van der Waals surface area contributed by atoms with Gasteiger partial charge in [-0.1, -0.05) is 60.7 Å². The highest BCUT2D eigenvalue weighted by atomic mass is 16.5. The predicted octanol–water partition coefficient (Wildman–Crippen LogP) is 4.63. The highest BCUT2D eigenvalue weighted by molar-refractivity contribution is 5.79. The van der Waals surface area contributed by atoms with Gasteiger partial charge in [0, 0.05) is 13.2 Å². The van der Waals surface area contributed by atoms with Gasteiger partial charge in [0.15, 0.2) is 0 Å². The molecule has 3 heteroatoms. The monoisotopic (exact) mass is 336 g/mol. The van der Waals surface area contributed by atoms with E-state index in [-0.39, 0.29) is 0 Å². The van der Waals surface area contributed by atoms with Gasteiger partial charge < -0.3 is 10.2 Å². The molecule has 0 atom stereocenters. The molecule has 2 aromatic rings. The van der Waals surface area contributed by atoms with Gasteiger partial charge in [0.2, 0.25) is 0 Å². The van der Waals surface area contributed by atoms with Gasteiger partial charge in [-0.05, 0) is 48.6 Å². The van der Waals surface area contributed by atoms with Gasteiger partial charge in [-0.2, -0.15) is 5.10 Å². The Morgan fingerprint density at radius 2 is 1.52 bits per heavy atom. The second kappa shape index (κ2) is 10.00. The van der Waals surface area contributed by atoms with E-state index >= 15 is 0 Å². The van der Waals surface area contributed by atoms with E-state index in [2.05, 4.69) is 46.9 Å². The molecule has 1 aliphatic carbocycles. The molecule has 0 saturated heterocycles. The summed E-state index contributed by atoms with van der Waals surface area (Å²) in [6, 6.07) is 20.6.